The van der Waals surface area contributed by atoms with Gasteiger partial charge in [0.05, 0.1) is 10.6 Å². The number of hydrogen-bond acceptors (Lipinski definition) is 3. The Kier molecular flexibility index (Phi) is 5.99. The molecule has 0 radical (unpaired) electrons. The molecule has 0 aliphatic rings. The van der Waals surface area contributed by atoms with E-state index < -0.39 is 5.82 Å². The van der Waals surface area contributed by atoms with Gasteiger partial charge in [-0.25, -0.2) is 4.39 Å². The summed E-state index contributed by atoms with van der Waals surface area (Å²) in [6.45, 7) is 3.66. The molecule has 0 spiro atoms. The van der Waals surface area contributed by atoms with E-state index in [4.69, 9.17) is 21.1 Å². The molecule has 5 heteroatoms. The molecule has 0 fully saturated rings. The summed E-state index contributed by atoms with van der Waals surface area (Å²) in [6, 6.07) is 9.82. The second kappa shape index (κ2) is 7.97. The first-order valence-electron chi connectivity index (χ1n) is 7.44. The molecule has 0 atom stereocenters. The highest BCUT2D eigenvalue weighted by molar-refractivity contribution is 6.31. The molecule has 0 N–H and O–H groups in total. The number of rotatable bonds is 6. The Balaban J connectivity index is 2.18. The van der Waals surface area contributed by atoms with Gasteiger partial charge in [0.15, 0.2) is 11.6 Å². The molecule has 3 nitrogen and oxygen atoms in total. The first kappa shape index (κ1) is 17.3. The Labute approximate surface area is 140 Å². The topological polar surface area (TPSA) is 35.5 Å². The van der Waals surface area contributed by atoms with Gasteiger partial charge in [-0.05, 0) is 36.2 Å². The Morgan fingerprint density at radius 3 is 2.61 bits per heavy atom. The number of carbonyl (C=O) groups excluding carboxylic acids is 1. The van der Waals surface area contributed by atoms with E-state index in [1.165, 1.54) is 6.07 Å². The average molecular weight is 337 g/mol. The third kappa shape index (κ3) is 4.45. The van der Waals surface area contributed by atoms with Crippen LogP contribution in [0.4, 0.5) is 4.39 Å². The second-order valence-electron chi connectivity index (χ2n) is 4.95. The summed E-state index contributed by atoms with van der Waals surface area (Å²) in [6.07, 6.45) is 0.999. The highest BCUT2D eigenvalue weighted by atomic mass is 35.5. The quantitative estimate of drug-likeness (QED) is 0.554. The van der Waals surface area contributed by atoms with Gasteiger partial charge in [-0.3, -0.25) is 4.79 Å². The highest BCUT2D eigenvalue weighted by Gasteiger charge is 2.13. The third-order valence-corrected chi connectivity index (χ3v) is 3.72. The maximum atomic E-state index is 14.0. The summed E-state index contributed by atoms with van der Waals surface area (Å²) >= 11 is 6.14. The predicted molar refractivity (Wildman–Crippen MR) is 87.5 cm³/mol. The Morgan fingerprint density at radius 2 is 1.96 bits per heavy atom. The molecule has 2 rings (SSSR count). The van der Waals surface area contributed by atoms with Crippen molar-refractivity contribution in [2.24, 2.45) is 0 Å². The van der Waals surface area contributed by atoms with E-state index in [2.05, 4.69) is 0 Å². The summed E-state index contributed by atoms with van der Waals surface area (Å²) in [7, 11) is 0. The van der Waals surface area contributed by atoms with Crippen molar-refractivity contribution < 1.29 is 18.7 Å². The smallest absolute Gasteiger partial charge is 0.310 e. The van der Waals surface area contributed by atoms with E-state index >= 15 is 0 Å². The SMILES string of the molecule is CCC(=O)Oc1cccc(Cl)c1COc1ccc(CC)cc1F. The number of benzene rings is 2. The fourth-order valence-electron chi connectivity index (χ4n) is 2.00. The molecular weight excluding hydrogens is 319 g/mol. The summed E-state index contributed by atoms with van der Waals surface area (Å²) in [5, 5.41) is 0.400. The van der Waals surface area contributed by atoms with Gasteiger partial charge in [0.1, 0.15) is 12.4 Å². The number of ether oxygens (including phenoxy) is 2. The number of esters is 1. The molecule has 0 bridgehead atoms. The van der Waals surface area contributed by atoms with E-state index in [9.17, 15) is 9.18 Å². The minimum absolute atomic E-state index is 0.00833. The minimum Gasteiger partial charge on any atom is -0.486 e. The monoisotopic (exact) mass is 336 g/mol. The Morgan fingerprint density at radius 1 is 1.17 bits per heavy atom. The van der Waals surface area contributed by atoms with E-state index in [1.807, 2.05) is 13.0 Å². The van der Waals surface area contributed by atoms with E-state index in [0.29, 0.717) is 16.3 Å². The van der Waals surface area contributed by atoms with E-state index in [0.717, 1.165) is 12.0 Å². The van der Waals surface area contributed by atoms with Crippen LogP contribution in [0.15, 0.2) is 36.4 Å². The maximum Gasteiger partial charge on any atom is 0.310 e. The number of hydrogen-bond donors (Lipinski definition) is 0. The second-order valence-corrected chi connectivity index (χ2v) is 5.36. The van der Waals surface area contributed by atoms with Crippen LogP contribution in [0.3, 0.4) is 0 Å². The van der Waals surface area contributed by atoms with E-state index in [-0.39, 0.29) is 24.7 Å². The molecule has 2 aromatic carbocycles. The normalized spacial score (nSPS) is 10.4. The molecule has 0 aromatic heterocycles. The lowest BCUT2D eigenvalue weighted by molar-refractivity contribution is -0.134. The molecule has 0 amide bonds. The lowest BCUT2D eigenvalue weighted by Crippen LogP contribution is -2.09. The van der Waals surface area contributed by atoms with Crippen molar-refractivity contribution >= 4 is 17.6 Å². The van der Waals surface area contributed by atoms with Crippen LogP contribution in [0.25, 0.3) is 0 Å². The van der Waals surface area contributed by atoms with E-state index in [1.54, 1.807) is 31.2 Å². The molecule has 0 unspecified atom stereocenters. The van der Waals surface area contributed by atoms with Crippen LogP contribution in [0.5, 0.6) is 11.5 Å². The zero-order valence-corrected chi connectivity index (χ0v) is 13.8. The molecule has 0 saturated heterocycles. The van der Waals surface area contributed by atoms with Crippen LogP contribution >= 0.6 is 11.6 Å². The third-order valence-electron chi connectivity index (χ3n) is 3.36. The van der Waals surface area contributed by atoms with Crippen molar-refractivity contribution in [3.05, 3.63) is 58.4 Å². The molecule has 2 aromatic rings. The number of carbonyl (C=O) groups is 1. The summed E-state index contributed by atoms with van der Waals surface area (Å²) in [5.74, 6) is -0.333. The van der Waals surface area contributed by atoms with Crippen LogP contribution in [0, 0.1) is 5.82 Å². The Hall–Kier alpha value is -2.07. The van der Waals surface area contributed by atoms with Crippen molar-refractivity contribution in [2.45, 2.75) is 33.3 Å². The molecule has 0 heterocycles. The molecule has 0 aliphatic heterocycles. The fraction of sp³-hybridized carbons (Fsp3) is 0.278. The first-order chi connectivity index (χ1) is 11.0. The van der Waals surface area contributed by atoms with Crippen LogP contribution in [-0.4, -0.2) is 5.97 Å². The number of aryl methyl sites for hydroxylation is 1. The number of halogens is 2. The van der Waals surface area contributed by atoms with Crippen molar-refractivity contribution in [1.82, 2.24) is 0 Å². The standard InChI is InChI=1S/C18H18ClFO3/c1-3-12-8-9-17(15(20)10-12)22-11-13-14(19)6-5-7-16(13)23-18(21)4-2/h5-10H,3-4,11H2,1-2H3. The van der Waals surface area contributed by atoms with Gasteiger partial charge in [-0.2, -0.15) is 0 Å². The van der Waals surface area contributed by atoms with Gasteiger partial charge in [-0.1, -0.05) is 37.6 Å². The van der Waals surface area contributed by atoms with Crippen molar-refractivity contribution in [1.29, 1.82) is 0 Å². The Bertz CT molecular complexity index is 701. The van der Waals surface area contributed by atoms with Gasteiger partial charge in [0.25, 0.3) is 0 Å². The summed E-state index contributed by atoms with van der Waals surface area (Å²) in [5.41, 5.74) is 1.40. The zero-order chi connectivity index (χ0) is 16.8. The minimum atomic E-state index is -0.427. The summed E-state index contributed by atoms with van der Waals surface area (Å²) < 4.78 is 24.7. The van der Waals surface area contributed by atoms with Crippen molar-refractivity contribution in [3.8, 4) is 11.5 Å². The van der Waals surface area contributed by atoms with Crippen LogP contribution in [0.1, 0.15) is 31.4 Å². The van der Waals surface area contributed by atoms with Gasteiger partial charge in [-0.15, -0.1) is 0 Å². The molecule has 122 valence electrons. The average Bonchev–Trinajstić information content (AvgIpc) is 2.55. The first-order valence-corrected chi connectivity index (χ1v) is 7.82. The van der Waals surface area contributed by atoms with Crippen LogP contribution in [-0.2, 0) is 17.8 Å². The highest BCUT2D eigenvalue weighted by Crippen LogP contribution is 2.29. The largest absolute Gasteiger partial charge is 0.486 e. The molecular formula is C18H18ClFO3. The lowest BCUT2D eigenvalue weighted by atomic mass is 10.1. The molecule has 0 aliphatic carbocycles. The zero-order valence-electron chi connectivity index (χ0n) is 13.1. The van der Waals surface area contributed by atoms with Crippen molar-refractivity contribution in [2.75, 3.05) is 0 Å². The maximum absolute atomic E-state index is 14.0. The van der Waals surface area contributed by atoms with Crippen LogP contribution < -0.4 is 9.47 Å². The lowest BCUT2D eigenvalue weighted by Gasteiger charge is -2.13. The van der Waals surface area contributed by atoms with Gasteiger partial charge >= 0.3 is 5.97 Å². The predicted octanol–water partition coefficient (Wildman–Crippen LogP) is 4.94. The molecule has 23 heavy (non-hydrogen) atoms. The van der Waals surface area contributed by atoms with Gasteiger partial charge in [0.2, 0.25) is 0 Å². The van der Waals surface area contributed by atoms with Crippen LogP contribution in [0.2, 0.25) is 5.02 Å². The van der Waals surface area contributed by atoms with Gasteiger partial charge in [0, 0.05) is 6.42 Å². The molecule has 0 saturated carbocycles. The summed E-state index contributed by atoms with van der Waals surface area (Å²) in [4.78, 5) is 11.5. The fourth-order valence-corrected chi connectivity index (χ4v) is 2.22. The van der Waals surface area contributed by atoms with Gasteiger partial charge < -0.3 is 9.47 Å². The van der Waals surface area contributed by atoms with Crippen molar-refractivity contribution in [3.63, 3.8) is 0 Å².